The molecule has 2 amide bonds. The molecule has 0 aliphatic heterocycles. The SMILES string of the molecule is COc1cc2c(cn1)C(F)(N(Cc1ccc(C(F)(F)F)cc1)C(N)=O)CC=C2. The molecule has 0 bridgehead atoms. The molecule has 1 aromatic heterocycles. The number of halogens is 4. The standard InChI is InChI=1S/C19H17F4N3O2/c1-28-16-9-13-3-2-8-18(20,15(13)10-25-16)26(17(24)27)11-12-4-6-14(7-5-12)19(21,22)23/h2-7,9-10H,8,11H2,1H3,(H2,24,27). The van der Waals surface area contributed by atoms with E-state index in [0.29, 0.717) is 11.1 Å². The van der Waals surface area contributed by atoms with Crippen molar-refractivity contribution in [3.05, 3.63) is 64.9 Å². The molecule has 0 fully saturated rings. The number of hydrogen-bond acceptors (Lipinski definition) is 3. The molecule has 2 aromatic rings. The number of alkyl halides is 4. The molecule has 0 saturated heterocycles. The molecule has 2 N–H and O–H groups in total. The van der Waals surface area contributed by atoms with Gasteiger partial charge in [-0.1, -0.05) is 24.3 Å². The molecular formula is C19H17F4N3O2. The number of carbonyl (C=O) groups excluding carboxylic acids is 1. The van der Waals surface area contributed by atoms with E-state index in [4.69, 9.17) is 10.5 Å². The minimum atomic E-state index is -4.49. The first kappa shape index (κ1) is 19.7. The number of pyridine rings is 1. The lowest BCUT2D eigenvalue weighted by Gasteiger charge is -2.38. The Balaban J connectivity index is 1.95. The maximum Gasteiger partial charge on any atom is 0.416 e. The number of hydrogen-bond donors (Lipinski definition) is 1. The van der Waals surface area contributed by atoms with E-state index in [9.17, 15) is 18.0 Å². The molecule has 1 atom stereocenters. The van der Waals surface area contributed by atoms with Crippen LogP contribution in [-0.4, -0.2) is 23.0 Å². The van der Waals surface area contributed by atoms with Gasteiger partial charge in [0.2, 0.25) is 11.7 Å². The third-order valence-corrected chi connectivity index (χ3v) is 4.53. The first-order chi connectivity index (χ1) is 13.1. The Morgan fingerprint density at radius 3 is 2.57 bits per heavy atom. The first-order valence-corrected chi connectivity index (χ1v) is 8.28. The van der Waals surface area contributed by atoms with Crippen molar-refractivity contribution in [3.63, 3.8) is 0 Å². The van der Waals surface area contributed by atoms with Crippen molar-refractivity contribution < 1.29 is 27.1 Å². The number of ether oxygens (including phenoxy) is 1. The molecule has 1 aliphatic carbocycles. The summed E-state index contributed by atoms with van der Waals surface area (Å²) in [5, 5.41) is 0. The lowest BCUT2D eigenvalue weighted by Crippen LogP contribution is -2.49. The number of rotatable bonds is 4. The third kappa shape index (κ3) is 3.64. The van der Waals surface area contributed by atoms with E-state index in [-0.39, 0.29) is 24.4 Å². The monoisotopic (exact) mass is 395 g/mol. The zero-order chi connectivity index (χ0) is 20.5. The van der Waals surface area contributed by atoms with E-state index in [2.05, 4.69) is 4.98 Å². The molecule has 9 heteroatoms. The van der Waals surface area contributed by atoms with Crippen LogP contribution in [0.15, 0.2) is 42.6 Å². The largest absolute Gasteiger partial charge is 0.481 e. The van der Waals surface area contributed by atoms with Crippen LogP contribution in [0.1, 0.15) is 28.7 Å². The van der Waals surface area contributed by atoms with Crippen molar-refractivity contribution in [3.8, 4) is 5.88 Å². The van der Waals surface area contributed by atoms with Crippen LogP contribution in [0.2, 0.25) is 0 Å². The molecular weight excluding hydrogens is 378 g/mol. The van der Waals surface area contributed by atoms with Crippen LogP contribution in [0.4, 0.5) is 22.4 Å². The van der Waals surface area contributed by atoms with Crippen LogP contribution in [0.3, 0.4) is 0 Å². The van der Waals surface area contributed by atoms with Gasteiger partial charge in [-0.25, -0.2) is 14.2 Å². The fourth-order valence-corrected chi connectivity index (χ4v) is 3.09. The molecule has 1 unspecified atom stereocenters. The number of amides is 2. The van der Waals surface area contributed by atoms with Crippen molar-refractivity contribution in [2.75, 3.05) is 7.11 Å². The predicted octanol–water partition coefficient (Wildman–Crippen LogP) is 4.23. The Labute approximate surface area is 158 Å². The summed E-state index contributed by atoms with van der Waals surface area (Å²) in [6.07, 6.45) is -0.169. The maximum absolute atomic E-state index is 16.0. The molecule has 3 rings (SSSR count). The van der Waals surface area contributed by atoms with Crippen LogP contribution < -0.4 is 10.5 Å². The molecule has 1 aliphatic rings. The van der Waals surface area contributed by atoms with Gasteiger partial charge in [0.15, 0.2) is 0 Å². The zero-order valence-electron chi connectivity index (χ0n) is 14.8. The summed E-state index contributed by atoms with van der Waals surface area (Å²) in [5.41, 5.74) is 5.48. The van der Waals surface area contributed by atoms with Gasteiger partial charge >= 0.3 is 12.2 Å². The van der Waals surface area contributed by atoms with E-state index in [1.54, 1.807) is 12.2 Å². The molecule has 5 nitrogen and oxygen atoms in total. The van der Waals surface area contributed by atoms with Gasteiger partial charge in [-0.15, -0.1) is 0 Å². The summed E-state index contributed by atoms with van der Waals surface area (Å²) >= 11 is 0. The summed E-state index contributed by atoms with van der Waals surface area (Å²) in [4.78, 5) is 16.8. The highest BCUT2D eigenvalue weighted by molar-refractivity contribution is 5.74. The van der Waals surface area contributed by atoms with Gasteiger partial charge in [-0.3, -0.25) is 4.90 Å². The maximum atomic E-state index is 16.0. The molecule has 148 valence electrons. The normalized spacial score (nSPS) is 18.5. The van der Waals surface area contributed by atoms with Crippen LogP contribution >= 0.6 is 0 Å². The zero-order valence-corrected chi connectivity index (χ0v) is 14.8. The van der Waals surface area contributed by atoms with E-state index in [1.807, 2.05) is 0 Å². The fourth-order valence-electron chi connectivity index (χ4n) is 3.09. The van der Waals surface area contributed by atoms with Crippen molar-refractivity contribution in [2.24, 2.45) is 5.73 Å². The average Bonchev–Trinajstić information content (AvgIpc) is 2.65. The number of nitrogens with zero attached hydrogens (tertiary/aromatic N) is 2. The molecule has 0 spiro atoms. The van der Waals surface area contributed by atoms with Crippen LogP contribution in [0, 0.1) is 0 Å². The summed E-state index contributed by atoms with van der Waals surface area (Å²) in [6.45, 7) is -0.302. The Hall–Kier alpha value is -3.10. The topological polar surface area (TPSA) is 68.4 Å². The Morgan fingerprint density at radius 2 is 2.00 bits per heavy atom. The lowest BCUT2D eigenvalue weighted by atomic mass is 9.90. The molecule has 0 radical (unpaired) electrons. The quantitative estimate of drug-likeness (QED) is 0.622. The Kier molecular flexibility index (Phi) is 5.01. The van der Waals surface area contributed by atoms with E-state index in [1.165, 1.54) is 31.5 Å². The van der Waals surface area contributed by atoms with Crippen molar-refractivity contribution >= 4 is 12.1 Å². The fraction of sp³-hybridized carbons (Fsp3) is 0.263. The molecule has 1 aromatic carbocycles. The lowest BCUT2D eigenvalue weighted by molar-refractivity contribution is -0.137. The number of benzene rings is 1. The number of nitrogens with two attached hydrogens (primary N) is 1. The summed E-state index contributed by atoms with van der Waals surface area (Å²) in [7, 11) is 1.42. The van der Waals surface area contributed by atoms with Gasteiger partial charge in [-0.2, -0.15) is 13.2 Å². The third-order valence-electron chi connectivity index (χ3n) is 4.53. The number of methoxy groups -OCH3 is 1. The number of primary amides is 1. The van der Waals surface area contributed by atoms with Crippen molar-refractivity contribution in [1.29, 1.82) is 0 Å². The highest BCUT2D eigenvalue weighted by atomic mass is 19.4. The summed E-state index contributed by atoms with van der Waals surface area (Å²) < 4.78 is 59.2. The Bertz CT molecular complexity index is 912. The second-order valence-electron chi connectivity index (χ2n) is 6.30. The predicted molar refractivity (Wildman–Crippen MR) is 93.8 cm³/mol. The molecule has 1 heterocycles. The minimum absolute atomic E-state index is 0.126. The van der Waals surface area contributed by atoms with Gasteiger partial charge in [0, 0.05) is 24.2 Å². The minimum Gasteiger partial charge on any atom is -0.481 e. The average molecular weight is 395 g/mol. The van der Waals surface area contributed by atoms with Gasteiger partial charge in [0.05, 0.1) is 19.2 Å². The van der Waals surface area contributed by atoms with Gasteiger partial charge in [-0.05, 0) is 23.3 Å². The number of aromatic nitrogens is 1. The highest BCUT2D eigenvalue weighted by Gasteiger charge is 2.43. The van der Waals surface area contributed by atoms with Crippen LogP contribution in [-0.2, 0) is 18.5 Å². The summed E-state index contributed by atoms with van der Waals surface area (Å²) in [5.74, 6) is -2.02. The van der Waals surface area contributed by atoms with Crippen molar-refractivity contribution in [1.82, 2.24) is 9.88 Å². The van der Waals surface area contributed by atoms with E-state index < -0.39 is 23.6 Å². The second-order valence-corrected chi connectivity index (χ2v) is 6.30. The molecule has 0 saturated carbocycles. The number of carbonyl (C=O) groups is 1. The summed E-state index contributed by atoms with van der Waals surface area (Å²) in [6, 6.07) is 4.61. The Morgan fingerprint density at radius 1 is 1.32 bits per heavy atom. The number of urea groups is 1. The van der Waals surface area contributed by atoms with Gasteiger partial charge < -0.3 is 10.5 Å². The van der Waals surface area contributed by atoms with E-state index in [0.717, 1.165) is 17.0 Å². The van der Waals surface area contributed by atoms with Crippen LogP contribution in [0.5, 0.6) is 5.88 Å². The van der Waals surface area contributed by atoms with Crippen LogP contribution in [0.25, 0.3) is 6.08 Å². The molecule has 28 heavy (non-hydrogen) atoms. The smallest absolute Gasteiger partial charge is 0.416 e. The van der Waals surface area contributed by atoms with E-state index >= 15 is 4.39 Å². The number of fused-ring (bicyclic) bond motifs is 1. The van der Waals surface area contributed by atoms with Crippen molar-refractivity contribution in [2.45, 2.75) is 24.9 Å². The first-order valence-electron chi connectivity index (χ1n) is 8.28. The highest BCUT2D eigenvalue weighted by Crippen LogP contribution is 2.41. The van der Waals surface area contributed by atoms with Gasteiger partial charge in [0.1, 0.15) is 0 Å². The second kappa shape index (κ2) is 7.14. The van der Waals surface area contributed by atoms with Gasteiger partial charge in [0.25, 0.3) is 0 Å².